The Kier molecular flexibility index (Phi) is 2.70. The monoisotopic (exact) mass is 281 g/mol. The summed E-state index contributed by atoms with van der Waals surface area (Å²) in [7, 11) is 0. The summed E-state index contributed by atoms with van der Waals surface area (Å²) in [6.45, 7) is 1.80. The van der Waals surface area contributed by atoms with Crippen LogP contribution < -0.4 is 4.90 Å². The number of nitrogens with zero attached hydrogens (tertiary/aromatic N) is 1. The van der Waals surface area contributed by atoms with Gasteiger partial charge in [-0.2, -0.15) is 0 Å². The van der Waals surface area contributed by atoms with Gasteiger partial charge in [0.2, 0.25) is 0 Å². The highest BCUT2D eigenvalue weighted by Gasteiger charge is 2.44. The van der Waals surface area contributed by atoms with Crippen LogP contribution >= 0.6 is 11.8 Å². The molecule has 2 aliphatic heterocycles. The number of benzene rings is 1. The van der Waals surface area contributed by atoms with Crippen LogP contribution in [0, 0.1) is 17.6 Å². The zero-order chi connectivity index (χ0) is 13.7. The maximum atomic E-state index is 13.4. The third-order valence-electron chi connectivity index (χ3n) is 3.33. The second kappa shape index (κ2) is 4.16. The van der Waals surface area contributed by atoms with Crippen LogP contribution in [0.25, 0.3) is 0 Å². The summed E-state index contributed by atoms with van der Waals surface area (Å²) in [5.74, 6) is -3.40. The molecule has 2 heterocycles. The van der Waals surface area contributed by atoms with Crippen LogP contribution in [-0.4, -0.2) is 17.4 Å². The Morgan fingerprint density at radius 1 is 1.32 bits per heavy atom. The lowest BCUT2D eigenvalue weighted by Gasteiger charge is -2.36. The van der Waals surface area contributed by atoms with E-state index in [0.717, 1.165) is 17.8 Å². The number of aldehydes is 1. The van der Waals surface area contributed by atoms with Gasteiger partial charge in [-0.25, -0.2) is 8.78 Å². The van der Waals surface area contributed by atoms with Gasteiger partial charge in [0.15, 0.2) is 17.4 Å². The first kappa shape index (κ1) is 12.3. The van der Waals surface area contributed by atoms with Gasteiger partial charge in [-0.05, 0) is 18.4 Å². The van der Waals surface area contributed by atoms with Crippen molar-refractivity contribution in [2.45, 2.75) is 12.3 Å². The van der Waals surface area contributed by atoms with Crippen molar-refractivity contribution in [1.29, 1.82) is 0 Å². The number of thioether (sulfide) groups is 1. The van der Waals surface area contributed by atoms with E-state index in [9.17, 15) is 18.4 Å². The highest BCUT2D eigenvalue weighted by Crippen LogP contribution is 2.45. The molecule has 0 spiro atoms. The number of carbonyl (C=O) groups is 2. The molecule has 0 aliphatic carbocycles. The standard InChI is InChI=1S/C13H9F2NO2S/c1-6-5-19-13-8(4-17)12(18)7-2-9(14)10(15)3-11(7)16(6)13/h2-5,8,13H,1H3. The first-order valence-corrected chi connectivity index (χ1v) is 6.59. The van der Waals surface area contributed by atoms with Crippen molar-refractivity contribution in [1.82, 2.24) is 0 Å². The topological polar surface area (TPSA) is 37.4 Å². The van der Waals surface area contributed by atoms with Crippen LogP contribution in [0.3, 0.4) is 0 Å². The molecular formula is C13H9F2NO2S. The lowest BCUT2D eigenvalue weighted by molar-refractivity contribution is -0.109. The Morgan fingerprint density at radius 3 is 2.68 bits per heavy atom. The number of rotatable bonds is 1. The van der Waals surface area contributed by atoms with Crippen LogP contribution in [0.15, 0.2) is 23.2 Å². The molecule has 0 aromatic heterocycles. The van der Waals surface area contributed by atoms with Crippen molar-refractivity contribution in [3.05, 3.63) is 40.4 Å². The van der Waals surface area contributed by atoms with Gasteiger partial charge in [0, 0.05) is 17.3 Å². The van der Waals surface area contributed by atoms with Gasteiger partial charge < -0.3 is 9.69 Å². The van der Waals surface area contributed by atoms with Gasteiger partial charge in [0.1, 0.15) is 17.6 Å². The number of anilines is 1. The fourth-order valence-corrected chi connectivity index (χ4v) is 3.64. The van der Waals surface area contributed by atoms with Crippen molar-refractivity contribution in [2.75, 3.05) is 4.90 Å². The van der Waals surface area contributed by atoms with Crippen molar-refractivity contribution in [3.8, 4) is 0 Å². The molecule has 19 heavy (non-hydrogen) atoms. The van der Waals surface area contributed by atoms with E-state index in [0.29, 0.717) is 12.0 Å². The smallest absolute Gasteiger partial charge is 0.178 e. The maximum Gasteiger partial charge on any atom is 0.178 e. The Morgan fingerprint density at radius 2 is 2.00 bits per heavy atom. The maximum absolute atomic E-state index is 13.4. The average Bonchev–Trinajstić information content (AvgIpc) is 2.75. The van der Waals surface area contributed by atoms with Crippen molar-refractivity contribution in [2.24, 2.45) is 5.92 Å². The summed E-state index contributed by atoms with van der Waals surface area (Å²) in [6, 6.07) is 1.88. The van der Waals surface area contributed by atoms with E-state index in [-0.39, 0.29) is 5.56 Å². The van der Waals surface area contributed by atoms with Gasteiger partial charge in [-0.3, -0.25) is 4.79 Å². The van der Waals surface area contributed by atoms with Crippen molar-refractivity contribution < 1.29 is 18.4 Å². The minimum Gasteiger partial charge on any atom is -0.330 e. The molecule has 3 nitrogen and oxygen atoms in total. The van der Waals surface area contributed by atoms with Gasteiger partial charge in [0.25, 0.3) is 0 Å². The van der Waals surface area contributed by atoms with E-state index in [1.165, 1.54) is 11.8 Å². The van der Waals surface area contributed by atoms with E-state index < -0.39 is 28.7 Å². The fraction of sp³-hybridized carbons (Fsp3) is 0.231. The molecule has 98 valence electrons. The number of Topliss-reactive ketones (excluding diaryl/α,β-unsaturated/α-hetero) is 1. The summed E-state index contributed by atoms with van der Waals surface area (Å²) in [5, 5.41) is 1.41. The number of fused-ring (bicyclic) bond motifs is 3. The first-order valence-electron chi connectivity index (χ1n) is 5.64. The summed E-state index contributed by atoms with van der Waals surface area (Å²) in [4.78, 5) is 25.0. The number of ketones is 1. The molecule has 0 saturated carbocycles. The van der Waals surface area contributed by atoms with Gasteiger partial charge in [-0.15, -0.1) is 11.8 Å². The summed E-state index contributed by atoms with van der Waals surface area (Å²) < 4.78 is 26.7. The van der Waals surface area contributed by atoms with Crippen molar-refractivity contribution >= 4 is 29.5 Å². The number of carbonyl (C=O) groups excluding carboxylic acids is 2. The summed E-state index contributed by atoms with van der Waals surface area (Å²) in [6.07, 6.45) is 0.573. The third kappa shape index (κ3) is 1.63. The molecule has 0 bridgehead atoms. The number of allylic oxidation sites excluding steroid dienone is 1. The predicted octanol–water partition coefficient (Wildman–Crippen LogP) is 2.72. The predicted molar refractivity (Wildman–Crippen MR) is 67.9 cm³/mol. The molecular weight excluding hydrogens is 272 g/mol. The van der Waals surface area contributed by atoms with Gasteiger partial charge in [0.05, 0.1) is 5.69 Å². The van der Waals surface area contributed by atoms with Gasteiger partial charge >= 0.3 is 0 Å². The Bertz CT molecular complexity index is 629. The minimum atomic E-state index is -1.08. The van der Waals surface area contributed by atoms with E-state index in [1.54, 1.807) is 11.8 Å². The Hall–Kier alpha value is -1.69. The molecule has 1 aromatic rings. The highest BCUT2D eigenvalue weighted by molar-refractivity contribution is 8.03. The van der Waals surface area contributed by atoms with Crippen LogP contribution in [0.1, 0.15) is 17.3 Å². The van der Waals surface area contributed by atoms with Crippen LogP contribution in [0.5, 0.6) is 0 Å². The number of hydrogen-bond donors (Lipinski definition) is 0. The normalized spacial score (nSPS) is 24.9. The molecule has 2 atom stereocenters. The molecule has 2 aliphatic rings. The quantitative estimate of drug-likeness (QED) is 0.586. The average molecular weight is 281 g/mol. The number of halogens is 2. The molecule has 3 rings (SSSR count). The largest absolute Gasteiger partial charge is 0.330 e. The second-order valence-electron chi connectivity index (χ2n) is 4.47. The van der Waals surface area contributed by atoms with Crippen LogP contribution in [0.4, 0.5) is 14.5 Å². The van der Waals surface area contributed by atoms with Crippen molar-refractivity contribution in [3.63, 3.8) is 0 Å². The molecule has 0 amide bonds. The molecule has 0 fully saturated rings. The highest BCUT2D eigenvalue weighted by atomic mass is 32.2. The van der Waals surface area contributed by atoms with E-state index >= 15 is 0 Å². The molecule has 0 N–H and O–H groups in total. The zero-order valence-electron chi connectivity index (χ0n) is 9.89. The Labute approximate surface area is 112 Å². The molecule has 2 unspecified atom stereocenters. The second-order valence-corrected chi connectivity index (χ2v) is 5.46. The van der Waals surface area contributed by atoms with Gasteiger partial charge in [-0.1, -0.05) is 0 Å². The first-order chi connectivity index (χ1) is 9.04. The lowest BCUT2D eigenvalue weighted by Crippen LogP contribution is -2.44. The van der Waals surface area contributed by atoms with Crippen LogP contribution in [0.2, 0.25) is 0 Å². The van der Waals surface area contributed by atoms with E-state index in [1.807, 2.05) is 5.41 Å². The van der Waals surface area contributed by atoms with E-state index in [2.05, 4.69) is 0 Å². The SMILES string of the molecule is CC1=CSC2C(C=O)C(=O)c3cc(F)c(F)cc3N12. The molecule has 0 radical (unpaired) electrons. The molecule has 6 heteroatoms. The summed E-state index contributed by atoms with van der Waals surface area (Å²) >= 11 is 1.34. The Balaban J connectivity index is 2.24. The van der Waals surface area contributed by atoms with Crippen LogP contribution in [-0.2, 0) is 4.79 Å². The lowest BCUT2D eigenvalue weighted by atomic mass is 9.91. The molecule has 0 saturated heterocycles. The fourth-order valence-electron chi connectivity index (χ4n) is 2.43. The minimum absolute atomic E-state index is 0.0579. The third-order valence-corrected chi connectivity index (χ3v) is 4.59. The number of hydrogen-bond acceptors (Lipinski definition) is 4. The van der Waals surface area contributed by atoms with E-state index in [4.69, 9.17) is 0 Å². The molecule has 1 aromatic carbocycles. The summed E-state index contributed by atoms with van der Waals surface area (Å²) in [5.41, 5.74) is 1.19. The zero-order valence-corrected chi connectivity index (χ0v) is 10.7.